The number of hydrogen-bond donors (Lipinski definition) is 0. The number of thioether (sulfide) groups is 1. The largest absolute Gasteiger partial charge is 0.497 e. The highest BCUT2D eigenvalue weighted by atomic mass is 32.2. The van der Waals surface area contributed by atoms with Crippen LogP contribution in [0.2, 0.25) is 0 Å². The van der Waals surface area contributed by atoms with Crippen molar-refractivity contribution in [3.63, 3.8) is 0 Å². The van der Waals surface area contributed by atoms with E-state index in [1.54, 1.807) is 32.4 Å². The third-order valence-corrected chi connectivity index (χ3v) is 5.87. The molecule has 154 valence electrons. The molecule has 0 aliphatic carbocycles. The smallest absolute Gasteiger partial charge is 0.177 e. The van der Waals surface area contributed by atoms with E-state index in [9.17, 15) is 4.79 Å². The number of fused-ring (bicyclic) bond motifs is 1. The number of hydrogen-bond acceptors (Lipinski definition) is 5. The number of methoxy groups -OCH3 is 2. The molecule has 0 radical (unpaired) electrons. The summed E-state index contributed by atoms with van der Waals surface area (Å²) in [5, 5.41) is 0.887. The number of imidazole rings is 1. The highest BCUT2D eigenvalue weighted by Crippen LogP contribution is 2.29. The van der Waals surface area contributed by atoms with E-state index in [1.165, 1.54) is 31.0 Å². The number of aryl methyl sites for hydroxylation is 1. The zero-order valence-electron chi connectivity index (χ0n) is 17.3. The molecule has 0 bridgehead atoms. The number of aromatic nitrogens is 2. The number of ether oxygens (including phenoxy) is 2. The fourth-order valence-corrected chi connectivity index (χ4v) is 4.24. The first kappa shape index (κ1) is 21.2. The quantitative estimate of drug-likeness (QED) is 0.233. The zero-order chi connectivity index (χ0) is 20.6. The monoisotopic (exact) mass is 412 g/mol. The van der Waals surface area contributed by atoms with Crippen molar-refractivity contribution in [3.8, 4) is 11.5 Å². The minimum atomic E-state index is -0.00432. The molecule has 0 aliphatic heterocycles. The Kier molecular flexibility index (Phi) is 7.58. The fraction of sp³-hybridized carbons (Fsp3) is 0.391. The van der Waals surface area contributed by atoms with E-state index < -0.39 is 0 Å². The van der Waals surface area contributed by atoms with Gasteiger partial charge in [0, 0.05) is 6.54 Å². The van der Waals surface area contributed by atoms with Crippen molar-refractivity contribution >= 4 is 28.6 Å². The molecule has 3 rings (SSSR count). The van der Waals surface area contributed by atoms with E-state index in [0.29, 0.717) is 22.8 Å². The lowest BCUT2D eigenvalue weighted by atomic mass is 10.1. The van der Waals surface area contributed by atoms with Crippen molar-refractivity contribution < 1.29 is 14.3 Å². The summed E-state index contributed by atoms with van der Waals surface area (Å²) in [6.45, 7) is 3.13. The molecule has 0 amide bonds. The van der Waals surface area contributed by atoms with Crippen LogP contribution >= 0.6 is 11.8 Å². The Labute approximate surface area is 176 Å². The number of Topliss-reactive ketones (excluding diaryl/α,β-unsaturated/α-hetero) is 1. The van der Waals surface area contributed by atoms with E-state index in [2.05, 4.69) is 17.6 Å². The highest BCUT2D eigenvalue weighted by Gasteiger charge is 2.17. The Bertz CT molecular complexity index is 968. The molecule has 0 fully saturated rings. The summed E-state index contributed by atoms with van der Waals surface area (Å²) in [5.41, 5.74) is 2.62. The van der Waals surface area contributed by atoms with Crippen molar-refractivity contribution in [2.24, 2.45) is 0 Å². The Balaban J connectivity index is 1.78. The van der Waals surface area contributed by atoms with Crippen molar-refractivity contribution in [2.45, 2.75) is 44.3 Å². The highest BCUT2D eigenvalue weighted by molar-refractivity contribution is 7.99. The van der Waals surface area contributed by atoms with E-state index in [0.717, 1.165) is 29.2 Å². The second-order valence-corrected chi connectivity index (χ2v) is 7.82. The van der Waals surface area contributed by atoms with Crippen LogP contribution in [-0.4, -0.2) is 35.3 Å². The molecule has 1 aromatic heterocycles. The lowest BCUT2D eigenvalue weighted by Gasteiger charge is -2.11. The molecular weight excluding hydrogens is 384 g/mol. The van der Waals surface area contributed by atoms with Gasteiger partial charge < -0.3 is 14.0 Å². The molecule has 0 N–H and O–H groups in total. The fourth-order valence-electron chi connectivity index (χ4n) is 3.32. The van der Waals surface area contributed by atoms with Gasteiger partial charge in [-0.3, -0.25) is 4.79 Å². The lowest BCUT2D eigenvalue weighted by molar-refractivity contribution is 0.101. The topological polar surface area (TPSA) is 53.4 Å². The second kappa shape index (κ2) is 10.3. The number of para-hydroxylation sites is 2. The number of carbonyl (C=O) groups is 1. The summed E-state index contributed by atoms with van der Waals surface area (Å²) < 4.78 is 12.9. The molecule has 0 spiro atoms. The average molecular weight is 413 g/mol. The summed E-state index contributed by atoms with van der Waals surface area (Å²) in [7, 11) is 3.16. The number of benzene rings is 2. The van der Waals surface area contributed by atoms with Gasteiger partial charge >= 0.3 is 0 Å². The van der Waals surface area contributed by atoms with Gasteiger partial charge in [0.1, 0.15) is 11.5 Å². The van der Waals surface area contributed by atoms with E-state index in [-0.39, 0.29) is 5.78 Å². The molecule has 5 nitrogen and oxygen atoms in total. The number of unbranched alkanes of at least 4 members (excludes halogenated alkanes) is 3. The standard InChI is InChI=1S/C23H28N2O3S/c1-4-5-6-9-14-25-20-11-8-7-10-19(20)24-23(25)29-16-21(26)18-15-17(27-2)12-13-22(18)28-3/h7-8,10-13,15H,4-6,9,14,16H2,1-3H3. The molecule has 3 aromatic rings. The normalized spacial score (nSPS) is 11.0. The van der Waals surface area contributed by atoms with Crippen LogP contribution in [-0.2, 0) is 6.54 Å². The summed E-state index contributed by atoms with van der Waals surface area (Å²) in [5.74, 6) is 1.49. The van der Waals surface area contributed by atoms with Crippen LogP contribution in [0, 0.1) is 0 Å². The first-order valence-corrected chi connectivity index (χ1v) is 11.0. The van der Waals surface area contributed by atoms with Crippen LogP contribution in [0.3, 0.4) is 0 Å². The number of rotatable bonds is 11. The average Bonchev–Trinajstić information content (AvgIpc) is 3.12. The van der Waals surface area contributed by atoms with Crippen LogP contribution in [0.15, 0.2) is 47.6 Å². The second-order valence-electron chi connectivity index (χ2n) is 6.87. The maximum absolute atomic E-state index is 12.9. The van der Waals surface area contributed by atoms with Crippen LogP contribution in [0.25, 0.3) is 11.0 Å². The van der Waals surface area contributed by atoms with Crippen LogP contribution in [0.5, 0.6) is 11.5 Å². The van der Waals surface area contributed by atoms with Crippen LogP contribution in [0.4, 0.5) is 0 Å². The maximum atomic E-state index is 12.9. The number of nitrogens with zero attached hydrogens (tertiary/aromatic N) is 2. The van der Waals surface area contributed by atoms with Gasteiger partial charge in [0.15, 0.2) is 10.9 Å². The van der Waals surface area contributed by atoms with Gasteiger partial charge in [-0.15, -0.1) is 0 Å². The molecule has 0 saturated heterocycles. The van der Waals surface area contributed by atoms with Gasteiger partial charge in [-0.1, -0.05) is 50.1 Å². The lowest BCUT2D eigenvalue weighted by Crippen LogP contribution is -2.07. The Morgan fingerprint density at radius 2 is 1.90 bits per heavy atom. The molecule has 0 unspecified atom stereocenters. The van der Waals surface area contributed by atoms with Crippen LogP contribution < -0.4 is 9.47 Å². The summed E-state index contributed by atoms with van der Waals surface area (Å²) in [4.78, 5) is 17.7. The third kappa shape index (κ3) is 5.12. The van der Waals surface area contributed by atoms with Crippen molar-refractivity contribution in [3.05, 3.63) is 48.0 Å². The number of carbonyl (C=O) groups excluding carboxylic acids is 1. The molecular formula is C23H28N2O3S. The molecule has 0 atom stereocenters. The molecule has 6 heteroatoms. The minimum Gasteiger partial charge on any atom is -0.497 e. The predicted molar refractivity (Wildman–Crippen MR) is 118 cm³/mol. The van der Waals surface area contributed by atoms with Gasteiger partial charge in [-0.25, -0.2) is 4.98 Å². The first-order chi connectivity index (χ1) is 14.2. The minimum absolute atomic E-state index is 0.00432. The summed E-state index contributed by atoms with van der Waals surface area (Å²) in [6.07, 6.45) is 4.76. The molecule has 2 aromatic carbocycles. The van der Waals surface area contributed by atoms with Crippen molar-refractivity contribution in [1.82, 2.24) is 9.55 Å². The van der Waals surface area contributed by atoms with Gasteiger partial charge in [0.2, 0.25) is 0 Å². The summed E-state index contributed by atoms with van der Waals surface area (Å²) >= 11 is 1.48. The third-order valence-electron chi connectivity index (χ3n) is 4.89. The van der Waals surface area contributed by atoms with Crippen LogP contribution in [0.1, 0.15) is 43.0 Å². The Morgan fingerprint density at radius 1 is 1.07 bits per heavy atom. The van der Waals surface area contributed by atoms with Gasteiger partial charge in [-0.05, 0) is 36.8 Å². The maximum Gasteiger partial charge on any atom is 0.177 e. The molecule has 1 heterocycles. The first-order valence-electron chi connectivity index (χ1n) is 10.0. The zero-order valence-corrected chi connectivity index (χ0v) is 18.1. The Hall–Kier alpha value is -2.47. The molecule has 0 saturated carbocycles. The number of ketones is 1. The van der Waals surface area contributed by atoms with E-state index >= 15 is 0 Å². The summed E-state index contributed by atoms with van der Waals surface area (Å²) in [6, 6.07) is 13.4. The molecule has 0 aliphatic rings. The van der Waals surface area contributed by atoms with Gasteiger partial charge in [0.25, 0.3) is 0 Å². The van der Waals surface area contributed by atoms with Crippen molar-refractivity contribution in [1.29, 1.82) is 0 Å². The molecule has 29 heavy (non-hydrogen) atoms. The van der Waals surface area contributed by atoms with Crippen molar-refractivity contribution in [2.75, 3.05) is 20.0 Å². The van der Waals surface area contributed by atoms with Gasteiger partial charge in [0.05, 0.1) is 36.6 Å². The SMILES string of the molecule is CCCCCCn1c(SCC(=O)c2cc(OC)ccc2OC)nc2ccccc21. The predicted octanol–water partition coefficient (Wildman–Crippen LogP) is 5.61. The Morgan fingerprint density at radius 3 is 2.66 bits per heavy atom. The van der Waals surface area contributed by atoms with E-state index in [1.807, 2.05) is 18.2 Å². The van der Waals surface area contributed by atoms with Gasteiger partial charge in [-0.2, -0.15) is 0 Å². The van der Waals surface area contributed by atoms with E-state index in [4.69, 9.17) is 14.5 Å².